The molecule has 0 aliphatic heterocycles. The van der Waals surface area contributed by atoms with Gasteiger partial charge in [0.25, 0.3) is 0 Å². The normalized spacial score (nSPS) is 12.3. The van der Waals surface area contributed by atoms with Gasteiger partial charge in [-0.05, 0) is 46.7 Å². The van der Waals surface area contributed by atoms with E-state index in [0.717, 1.165) is 0 Å². The van der Waals surface area contributed by atoms with Crippen molar-refractivity contribution in [2.24, 2.45) is 0 Å². The number of sulfone groups is 1. The molecule has 0 atom stereocenters. The second kappa shape index (κ2) is 7.30. The summed E-state index contributed by atoms with van der Waals surface area (Å²) in [6.45, 7) is 7.68. The van der Waals surface area contributed by atoms with E-state index in [1.165, 1.54) is 6.08 Å². The van der Waals surface area contributed by atoms with Crippen molar-refractivity contribution in [1.29, 1.82) is 10.5 Å². The molecule has 0 saturated carbocycles. The molecule has 0 heterocycles. The molecule has 0 bridgehead atoms. The lowest BCUT2D eigenvalue weighted by Gasteiger charge is -2.16. The zero-order chi connectivity index (χ0) is 17.8. The number of aromatic hydroxyl groups is 1. The van der Waals surface area contributed by atoms with Crippen LogP contribution in [0, 0.1) is 22.7 Å². The zero-order valence-electron chi connectivity index (χ0n) is 13.7. The fourth-order valence-electron chi connectivity index (χ4n) is 2.17. The van der Waals surface area contributed by atoms with Gasteiger partial charge >= 0.3 is 0 Å². The maximum absolute atomic E-state index is 11.9. The molecule has 1 aromatic carbocycles. The van der Waals surface area contributed by atoms with E-state index in [1.807, 2.05) is 27.7 Å². The summed E-state index contributed by atoms with van der Waals surface area (Å²) in [7, 11) is -3.92. The van der Waals surface area contributed by atoms with Gasteiger partial charge in [0.1, 0.15) is 22.5 Å². The highest BCUT2D eigenvalue weighted by Crippen LogP contribution is 2.35. The minimum Gasteiger partial charge on any atom is -0.507 e. The quantitative estimate of drug-likeness (QED) is 0.832. The van der Waals surface area contributed by atoms with Gasteiger partial charge in [0.2, 0.25) is 9.84 Å². The van der Waals surface area contributed by atoms with Crippen molar-refractivity contribution in [2.45, 2.75) is 39.5 Å². The fourth-order valence-corrected chi connectivity index (χ4v) is 2.95. The van der Waals surface area contributed by atoms with E-state index in [0.29, 0.717) is 16.7 Å². The summed E-state index contributed by atoms with van der Waals surface area (Å²) in [5.41, 5.74) is 1.91. The molecule has 1 N–H and O–H groups in total. The number of allylic oxidation sites excluding steroid dienone is 1. The Morgan fingerprint density at radius 3 is 2.00 bits per heavy atom. The Labute approximate surface area is 137 Å². The second-order valence-electron chi connectivity index (χ2n) is 5.89. The number of benzene rings is 1. The summed E-state index contributed by atoms with van der Waals surface area (Å²) in [6.07, 6.45) is 1.25. The summed E-state index contributed by atoms with van der Waals surface area (Å²) >= 11 is 0. The number of phenols is 1. The predicted octanol–water partition coefficient (Wildman–Crippen LogP) is 3.44. The average Bonchev–Trinajstić information content (AvgIpc) is 2.44. The van der Waals surface area contributed by atoms with Gasteiger partial charge in [0.15, 0.2) is 0 Å². The average molecular weight is 332 g/mol. The molecular formula is C17H20N2O3S. The Balaban J connectivity index is 3.58. The maximum Gasteiger partial charge on any atom is 0.201 e. The van der Waals surface area contributed by atoms with Crippen LogP contribution in [0.4, 0.5) is 0 Å². The molecule has 0 aliphatic carbocycles. The molecule has 0 radical (unpaired) electrons. The lowest BCUT2D eigenvalue weighted by atomic mass is 9.91. The lowest BCUT2D eigenvalue weighted by Crippen LogP contribution is -2.06. The standard InChI is InChI=1S/C17H20N2O3S/c1-11(2)15-8-13(9-16(12(3)4)17(15)20)7-14(10-19)23(21,22)6-5-18/h7-9,11-12,20H,6H2,1-4H3. The van der Waals surface area contributed by atoms with Crippen molar-refractivity contribution in [3.8, 4) is 17.9 Å². The summed E-state index contributed by atoms with van der Waals surface area (Å²) < 4.78 is 23.8. The Hall–Kier alpha value is -2.31. The molecule has 0 amide bonds. The van der Waals surface area contributed by atoms with Crippen LogP contribution in [0.25, 0.3) is 6.08 Å². The van der Waals surface area contributed by atoms with Crippen LogP contribution < -0.4 is 0 Å². The molecule has 0 fully saturated rings. The van der Waals surface area contributed by atoms with Crippen molar-refractivity contribution in [3.05, 3.63) is 33.7 Å². The van der Waals surface area contributed by atoms with Gasteiger partial charge < -0.3 is 5.11 Å². The molecule has 122 valence electrons. The Morgan fingerprint density at radius 1 is 1.17 bits per heavy atom. The molecule has 6 heteroatoms. The van der Waals surface area contributed by atoms with Crippen LogP contribution in [0.15, 0.2) is 17.0 Å². The first-order valence-electron chi connectivity index (χ1n) is 7.22. The zero-order valence-corrected chi connectivity index (χ0v) is 14.5. The Morgan fingerprint density at radius 2 is 1.65 bits per heavy atom. The summed E-state index contributed by atoms with van der Waals surface area (Å²) in [5.74, 6) is -0.451. The van der Waals surface area contributed by atoms with Crippen LogP contribution in [0.2, 0.25) is 0 Å². The van der Waals surface area contributed by atoms with E-state index in [2.05, 4.69) is 0 Å². The molecule has 0 saturated heterocycles. The SMILES string of the molecule is CC(C)c1cc(C=C(C#N)S(=O)(=O)CC#N)cc(C(C)C)c1O. The highest BCUT2D eigenvalue weighted by atomic mass is 32.2. The number of hydrogen-bond donors (Lipinski definition) is 1. The van der Waals surface area contributed by atoms with Gasteiger partial charge in [-0.1, -0.05) is 27.7 Å². The van der Waals surface area contributed by atoms with Crippen molar-refractivity contribution in [2.75, 3.05) is 5.75 Å². The van der Waals surface area contributed by atoms with Crippen LogP contribution >= 0.6 is 0 Å². The van der Waals surface area contributed by atoms with Crippen LogP contribution in [0.5, 0.6) is 5.75 Å². The molecule has 1 aromatic rings. The van der Waals surface area contributed by atoms with Crippen LogP contribution in [0.3, 0.4) is 0 Å². The van der Waals surface area contributed by atoms with E-state index in [4.69, 9.17) is 10.5 Å². The third kappa shape index (κ3) is 4.34. The van der Waals surface area contributed by atoms with E-state index < -0.39 is 20.5 Å². The molecular weight excluding hydrogens is 312 g/mol. The molecule has 0 unspecified atom stereocenters. The van der Waals surface area contributed by atoms with Gasteiger partial charge in [0.05, 0.1) is 6.07 Å². The third-order valence-electron chi connectivity index (χ3n) is 3.43. The molecule has 23 heavy (non-hydrogen) atoms. The first kappa shape index (κ1) is 18.7. The predicted molar refractivity (Wildman–Crippen MR) is 89.3 cm³/mol. The maximum atomic E-state index is 11.9. The summed E-state index contributed by atoms with van der Waals surface area (Å²) in [4.78, 5) is -0.450. The van der Waals surface area contributed by atoms with E-state index >= 15 is 0 Å². The Bertz CT molecular complexity index is 778. The van der Waals surface area contributed by atoms with Crippen molar-refractivity contribution in [1.82, 2.24) is 0 Å². The smallest absolute Gasteiger partial charge is 0.201 e. The number of rotatable bonds is 5. The number of nitrogens with zero attached hydrogens (tertiary/aromatic N) is 2. The molecule has 5 nitrogen and oxygen atoms in total. The van der Waals surface area contributed by atoms with Gasteiger partial charge in [-0.15, -0.1) is 0 Å². The first-order chi connectivity index (χ1) is 10.6. The topological polar surface area (TPSA) is 102 Å². The second-order valence-corrected chi connectivity index (χ2v) is 7.85. The van der Waals surface area contributed by atoms with E-state index in [9.17, 15) is 13.5 Å². The number of hydrogen-bond acceptors (Lipinski definition) is 5. The monoisotopic (exact) mass is 332 g/mol. The molecule has 1 rings (SSSR count). The van der Waals surface area contributed by atoms with Crippen molar-refractivity contribution < 1.29 is 13.5 Å². The van der Waals surface area contributed by atoms with Crippen molar-refractivity contribution >= 4 is 15.9 Å². The van der Waals surface area contributed by atoms with Gasteiger partial charge in [-0.25, -0.2) is 8.42 Å². The summed E-state index contributed by atoms with van der Waals surface area (Å²) in [6, 6.07) is 6.55. The van der Waals surface area contributed by atoms with E-state index in [1.54, 1.807) is 24.3 Å². The minimum atomic E-state index is -3.92. The van der Waals surface area contributed by atoms with Crippen molar-refractivity contribution in [3.63, 3.8) is 0 Å². The highest BCUT2D eigenvalue weighted by molar-refractivity contribution is 7.95. The summed E-state index contributed by atoms with van der Waals surface area (Å²) in [5, 5.41) is 28.0. The Kier molecular flexibility index (Phi) is 5.95. The van der Waals surface area contributed by atoms with Crippen LogP contribution in [0.1, 0.15) is 56.2 Å². The number of nitriles is 2. The van der Waals surface area contributed by atoms with E-state index in [-0.39, 0.29) is 17.6 Å². The largest absolute Gasteiger partial charge is 0.507 e. The third-order valence-corrected chi connectivity index (χ3v) is 4.82. The first-order valence-corrected chi connectivity index (χ1v) is 8.87. The van der Waals surface area contributed by atoms with Gasteiger partial charge in [-0.2, -0.15) is 10.5 Å². The minimum absolute atomic E-state index is 0.0436. The molecule has 0 aliphatic rings. The van der Waals surface area contributed by atoms with Crippen LogP contribution in [-0.4, -0.2) is 19.3 Å². The number of phenolic OH excluding ortho intramolecular Hbond substituents is 1. The van der Waals surface area contributed by atoms with Crippen LogP contribution in [-0.2, 0) is 9.84 Å². The molecule has 0 spiro atoms. The lowest BCUT2D eigenvalue weighted by molar-refractivity contribution is 0.454. The van der Waals surface area contributed by atoms with Gasteiger partial charge in [-0.3, -0.25) is 0 Å². The fraction of sp³-hybridized carbons (Fsp3) is 0.412. The molecule has 0 aromatic heterocycles. The highest BCUT2D eigenvalue weighted by Gasteiger charge is 2.19. The van der Waals surface area contributed by atoms with Gasteiger partial charge in [0, 0.05) is 0 Å².